The Morgan fingerprint density at radius 1 is 0.531 bits per heavy atom. The fourth-order valence-corrected chi connectivity index (χ4v) is 4.56. The molecular formula is C28H18O4. The van der Waals surface area contributed by atoms with Crippen LogP contribution in [0.1, 0.15) is 0 Å². The van der Waals surface area contributed by atoms with Gasteiger partial charge in [-0.15, -0.1) is 0 Å². The van der Waals surface area contributed by atoms with E-state index in [0.29, 0.717) is 22.3 Å². The minimum atomic E-state index is 0.101. The quantitative estimate of drug-likeness (QED) is 0.260. The van der Waals surface area contributed by atoms with E-state index in [1.807, 2.05) is 54.6 Å². The van der Waals surface area contributed by atoms with Gasteiger partial charge in [-0.05, 0) is 46.7 Å². The highest BCUT2D eigenvalue weighted by molar-refractivity contribution is 6.29. The molecule has 0 aliphatic rings. The number of furan rings is 1. The summed E-state index contributed by atoms with van der Waals surface area (Å²) in [7, 11) is 0. The molecule has 0 fully saturated rings. The van der Waals surface area contributed by atoms with E-state index < -0.39 is 0 Å². The van der Waals surface area contributed by atoms with E-state index >= 15 is 0 Å². The van der Waals surface area contributed by atoms with E-state index in [1.54, 1.807) is 36.4 Å². The summed E-state index contributed by atoms with van der Waals surface area (Å²) in [5.41, 5.74) is 2.74. The van der Waals surface area contributed by atoms with Crippen molar-refractivity contribution in [2.24, 2.45) is 0 Å². The van der Waals surface area contributed by atoms with Gasteiger partial charge >= 0.3 is 0 Å². The highest BCUT2D eigenvalue weighted by Crippen LogP contribution is 2.50. The zero-order chi connectivity index (χ0) is 21.8. The van der Waals surface area contributed by atoms with Crippen LogP contribution < -0.4 is 0 Å². The number of para-hydroxylation sites is 1. The Morgan fingerprint density at radius 3 is 1.97 bits per heavy atom. The van der Waals surface area contributed by atoms with Crippen molar-refractivity contribution in [1.82, 2.24) is 0 Å². The second-order valence-electron chi connectivity index (χ2n) is 7.82. The number of hydrogen-bond donors (Lipinski definition) is 3. The molecule has 0 spiro atoms. The predicted octanol–water partition coefficient (Wildman–Crippen LogP) is 7.19. The van der Waals surface area contributed by atoms with Crippen LogP contribution in [-0.4, -0.2) is 15.3 Å². The maximum Gasteiger partial charge on any atom is 0.147 e. The van der Waals surface area contributed by atoms with Gasteiger partial charge in [0.25, 0.3) is 0 Å². The number of fused-ring (bicyclic) bond motifs is 6. The highest BCUT2D eigenvalue weighted by atomic mass is 16.3. The van der Waals surface area contributed by atoms with Gasteiger partial charge in [0.05, 0.1) is 5.56 Å². The number of phenols is 3. The molecule has 0 saturated carbocycles. The van der Waals surface area contributed by atoms with Crippen molar-refractivity contribution in [2.75, 3.05) is 0 Å². The Bertz CT molecular complexity index is 1640. The number of aromatic hydroxyl groups is 3. The normalized spacial score (nSPS) is 11.5. The molecule has 0 aliphatic carbocycles. The second kappa shape index (κ2) is 6.79. The Hall–Kier alpha value is -4.44. The first-order valence-electron chi connectivity index (χ1n) is 10.3. The smallest absolute Gasteiger partial charge is 0.147 e. The van der Waals surface area contributed by atoms with Crippen LogP contribution in [0.15, 0.2) is 95.4 Å². The summed E-state index contributed by atoms with van der Waals surface area (Å²) in [6, 6.07) is 27.3. The standard InChI is InChI=1S/C28H18O4/c29-17-14-12-16(13-15-17)24-26-25-19(9-5-11-23(25)31)18-6-1-2-7-20(18)27(26)32-28(24)21-8-3-4-10-22(21)30/h1-15,29-31H. The van der Waals surface area contributed by atoms with Crippen LogP contribution in [-0.2, 0) is 0 Å². The predicted molar refractivity (Wildman–Crippen MR) is 127 cm³/mol. The molecule has 4 nitrogen and oxygen atoms in total. The van der Waals surface area contributed by atoms with Crippen LogP contribution in [0.25, 0.3) is 55.0 Å². The molecule has 0 amide bonds. The average Bonchev–Trinajstić information content (AvgIpc) is 3.20. The lowest BCUT2D eigenvalue weighted by Crippen LogP contribution is -1.85. The van der Waals surface area contributed by atoms with E-state index in [0.717, 1.165) is 32.7 Å². The van der Waals surface area contributed by atoms with Crippen LogP contribution in [0.4, 0.5) is 0 Å². The van der Waals surface area contributed by atoms with Gasteiger partial charge in [-0.3, -0.25) is 0 Å². The molecular weight excluding hydrogens is 400 g/mol. The summed E-state index contributed by atoms with van der Waals surface area (Å²) in [5.74, 6) is 0.917. The van der Waals surface area contributed by atoms with Crippen LogP contribution in [0.3, 0.4) is 0 Å². The van der Waals surface area contributed by atoms with Crippen molar-refractivity contribution in [3.63, 3.8) is 0 Å². The van der Waals surface area contributed by atoms with Crippen molar-refractivity contribution in [2.45, 2.75) is 0 Å². The third-order valence-electron chi connectivity index (χ3n) is 5.97. The zero-order valence-corrected chi connectivity index (χ0v) is 16.9. The summed E-state index contributed by atoms with van der Waals surface area (Å²) < 4.78 is 6.49. The molecule has 5 aromatic carbocycles. The van der Waals surface area contributed by atoms with E-state index in [4.69, 9.17) is 4.42 Å². The van der Waals surface area contributed by atoms with Crippen LogP contribution in [0.5, 0.6) is 17.2 Å². The maximum atomic E-state index is 10.9. The van der Waals surface area contributed by atoms with E-state index in [2.05, 4.69) is 0 Å². The fraction of sp³-hybridized carbons (Fsp3) is 0. The van der Waals surface area contributed by atoms with Gasteiger partial charge in [-0.2, -0.15) is 0 Å². The van der Waals surface area contributed by atoms with Gasteiger partial charge in [-0.25, -0.2) is 0 Å². The molecule has 0 atom stereocenters. The molecule has 1 heterocycles. The number of rotatable bonds is 2. The fourth-order valence-electron chi connectivity index (χ4n) is 4.56. The molecule has 154 valence electrons. The molecule has 0 bridgehead atoms. The van der Waals surface area contributed by atoms with E-state index in [9.17, 15) is 15.3 Å². The van der Waals surface area contributed by atoms with Crippen LogP contribution in [0, 0.1) is 0 Å². The lowest BCUT2D eigenvalue weighted by atomic mass is 9.92. The number of hydrogen-bond acceptors (Lipinski definition) is 4. The SMILES string of the molecule is Oc1ccc(-c2c(-c3ccccc3O)oc3c4ccccc4c4cccc(O)c4c23)cc1. The third-order valence-corrected chi connectivity index (χ3v) is 5.97. The number of phenolic OH excluding ortho intramolecular Hbond substituents is 3. The van der Waals surface area contributed by atoms with Crippen molar-refractivity contribution >= 4 is 32.5 Å². The van der Waals surface area contributed by atoms with Crippen molar-refractivity contribution in [1.29, 1.82) is 0 Å². The van der Waals surface area contributed by atoms with Crippen molar-refractivity contribution in [3.05, 3.63) is 91.0 Å². The molecule has 32 heavy (non-hydrogen) atoms. The van der Waals surface area contributed by atoms with E-state index in [-0.39, 0.29) is 17.2 Å². The molecule has 6 aromatic rings. The van der Waals surface area contributed by atoms with Gasteiger partial charge in [0.15, 0.2) is 0 Å². The van der Waals surface area contributed by atoms with Gasteiger partial charge in [-0.1, -0.05) is 60.7 Å². The molecule has 3 N–H and O–H groups in total. The molecule has 0 aliphatic heterocycles. The Kier molecular flexibility index (Phi) is 3.89. The first-order valence-corrected chi connectivity index (χ1v) is 10.3. The summed E-state index contributed by atoms with van der Waals surface area (Å²) >= 11 is 0. The first-order chi connectivity index (χ1) is 15.6. The van der Waals surface area contributed by atoms with Crippen LogP contribution >= 0.6 is 0 Å². The van der Waals surface area contributed by atoms with Crippen LogP contribution in [0.2, 0.25) is 0 Å². The highest BCUT2D eigenvalue weighted by Gasteiger charge is 2.25. The summed E-state index contributed by atoms with van der Waals surface area (Å²) in [6.45, 7) is 0. The molecule has 6 rings (SSSR count). The van der Waals surface area contributed by atoms with Gasteiger partial charge in [0, 0.05) is 21.7 Å². The van der Waals surface area contributed by atoms with Gasteiger partial charge < -0.3 is 19.7 Å². The maximum absolute atomic E-state index is 10.9. The minimum Gasteiger partial charge on any atom is -0.508 e. The Balaban J connectivity index is 1.91. The molecule has 0 saturated heterocycles. The molecule has 1 aromatic heterocycles. The summed E-state index contributed by atoms with van der Waals surface area (Å²) in [6.07, 6.45) is 0. The number of benzene rings is 5. The van der Waals surface area contributed by atoms with E-state index in [1.165, 1.54) is 0 Å². The molecule has 4 heteroatoms. The third kappa shape index (κ3) is 2.56. The largest absolute Gasteiger partial charge is 0.508 e. The minimum absolute atomic E-state index is 0.101. The van der Waals surface area contributed by atoms with Crippen molar-refractivity contribution < 1.29 is 19.7 Å². The lowest BCUT2D eigenvalue weighted by molar-refractivity contribution is 0.474. The Morgan fingerprint density at radius 2 is 1.19 bits per heavy atom. The second-order valence-corrected chi connectivity index (χ2v) is 7.82. The lowest BCUT2D eigenvalue weighted by Gasteiger charge is -2.10. The molecule has 0 unspecified atom stereocenters. The topological polar surface area (TPSA) is 73.8 Å². The van der Waals surface area contributed by atoms with Gasteiger partial charge in [0.1, 0.15) is 28.6 Å². The van der Waals surface area contributed by atoms with Gasteiger partial charge in [0.2, 0.25) is 0 Å². The first kappa shape index (κ1) is 18.3. The Labute approximate surface area is 183 Å². The average molecular weight is 418 g/mol. The summed E-state index contributed by atoms with van der Waals surface area (Å²) in [4.78, 5) is 0. The molecule has 0 radical (unpaired) electrons. The zero-order valence-electron chi connectivity index (χ0n) is 16.9. The monoisotopic (exact) mass is 418 g/mol. The van der Waals surface area contributed by atoms with Crippen molar-refractivity contribution in [3.8, 4) is 39.7 Å². The summed E-state index contributed by atoms with van der Waals surface area (Å²) in [5, 5.41) is 35.7.